The molecule has 2 fully saturated rings. The van der Waals surface area contributed by atoms with Gasteiger partial charge in [-0.2, -0.15) is 0 Å². The molecule has 2 atom stereocenters. The van der Waals surface area contributed by atoms with E-state index in [2.05, 4.69) is 6.92 Å². The second-order valence-corrected chi connectivity index (χ2v) is 7.26. The van der Waals surface area contributed by atoms with E-state index in [1.165, 1.54) is 32.1 Å². The zero-order valence-electron chi connectivity index (χ0n) is 12.9. The van der Waals surface area contributed by atoms with Gasteiger partial charge < -0.3 is 9.64 Å². The van der Waals surface area contributed by atoms with Gasteiger partial charge in [-0.15, -0.1) is 0 Å². The number of nitrogens with zero attached hydrogens (tertiary/aromatic N) is 1. The van der Waals surface area contributed by atoms with E-state index in [9.17, 15) is 4.79 Å². The van der Waals surface area contributed by atoms with Crippen molar-refractivity contribution in [3.05, 3.63) is 0 Å². The first-order valence-corrected chi connectivity index (χ1v) is 7.88. The van der Waals surface area contributed by atoms with Crippen molar-refractivity contribution >= 4 is 6.09 Å². The lowest BCUT2D eigenvalue weighted by molar-refractivity contribution is 0.0206. The van der Waals surface area contributed by atoms with Gasteiger partial charge >= 0.3 is 6.09 Å². The van der Waals surface area contributed by atoms with Gasteiger partial charge in [0.25, 0.3) is 0 Å². The maximum Gasteiger partial charge on any atom is 0.410 e. The molecule has 0 aromatic carbocycles. The van der Waals surface area contributed by atoms with Crippen LogP contribution < -0.4 is 0 Å². The van der Waals surface area contributed by atoms with Crippen LogP contribution in [0, 0.1) is 11.8 Å². The minimum atomic E-state index is -0.389. The number of ether oxygens (including phenoxy) is 1. The van der Waals surface area contributed by atoms with Crippen LogP contribution in [0.4, 0.5) is 4.79 Å². The van der Waals surface area contributed by atoms with Crippen molar-refractivity contribution in [1.82, 2.24) is 4.90 Å². The molecule has 2 aliphatic rings. The van der Waals surface area contributed by atoms with Crippen LogP contribution in [0.15, 0.2) is 0 Å². The highest BCUT2D eigenvalue weighted by Gasteiger charge is 2.39. The van der Waals surface area contributed by atoms with E-state index >= 15 is 0 Å². The number of hydrogen-bond donors (Lipinski definition) is 0. The molecule has 0 aromatic heterocycles. The summed E-state index contributed by atoms with van der Waals surface area (Å²) >= 11 is 0. The van der Waals surface area contributed by atoms with Crippen LogP contribution in [0.25, 0.3) is 0 Å². The molecule has 0 radical (unpaired) electrons. The van der Waals surface area contributed by atoms with Crippen molar-refractivity contribution in [3.63, 3.8) is 0 Å². The minimum Gasteiger partial charge on any atom is -0.444 e. The lowest BCUT2D eigenvalue weighted by atomic mass is 9.77. The fourth-order valence-electron chi connectivity index (χ4n) is 3.73. The Morgan fingerprint density at radius 2 is 1.74 bits per heavy atom. The van der Waals surface area contributed by atoms with Crippen molar-refractivity contribution in [3.8, 4) is 0 Å². The Hall–Kier alpha value is -0.730. The lowest BCUT2D eigenvalue weighted by Gasteiger charge is -2.33. The van der Waals surface area contributed by atoms with Crippen molar-refractivity contribution < 1.29 is 9.53 Å². The van der Waals surface area contributed by atoms with E-state index < -0.39 is 0 Å². The summed E-state index contributed by atoms with van der Waals surface area (Å²) < 4.78 is 5.51. The Morgan fingerprint density at radius 1 is 1.11 bits per heavy atom. The van der Waals surface area contributed by atoms with Crippen LogP contribution in [0.5, 0.6) is 0 Å². The smallest absolute Gasteiger partial charge is 0.410 e. The van der Waals surface area contributed by atoms with Crippen molar-refractivity contribution in [2.75, 3.05) is 6.54 Å². The Kier molecular flexibility index (Phi) is 4.42. The maximum atomic E-state index is 12.2. The van der Waals surface area contributed by atoms with Gasteiger partial charge in [0.15, 0.2) is 0 Å². The van der Waals surface area contributed by atoms with Crippen LogP contribution in [0.1, 0.15) is 66.2 Å². The van der Waals surface area contributed by atoms with E-state index in [1.54, 1.807) is 0 Å². The van der Waals surface area contributed by atoms with Crippen molar-refractivity contribution in [1.29, 1.82) is 0 Å². The topological polar surface area (TPSA) is 29.5 Å². The minimum absolute atomic E-state index is 0.127. The third-order valence-corrected chi connectivity index (χ3v) is 4.70. The summed E-state index contributed by atoms with van der Waals surface area (Å²) in [5.41, 5.74) is -0.389. The molecule has 110 valence electrons. The average Bonchev–Trinajstić information content (AvgIpc) is 2.70. The predicted octanol–water partition coefficient (Wildman–Crippen LogP) is 4.21. The zero-order chi connectivity index (χ0) is 14.0. The van der Waals surface area contributed by atoms with Gasteiger partial charge in [0, 0.05) is 12.6 Å². The van der Waals surface area contributed by atoms with E-state index in [0.29, 0.717) is 12.0 Å². The Bertz CT molecular complexity index is 315. The predicted molar refractivity (Wildman–Crippen MR) is 77.1 cm³/mol. The van der Waals surface area contributed by atoms with E-state index in [1.807, 2.05) is 25.7 Å². The van der Waals surface area contributed by atoms with Gasteiger partial charge in [0.2, 0.25) is 0 Å². The van der Waals surface area contributed by atoms with Gasteiger partial charge in [-0.1, -0.05) is 32.1 Å². The maximum absolute atomic E-state index is 12.2. The highest BCUT2D eigenvalue weighted by molar-refractivity contribution is 5.69. The van der Waals surface area contributed by atoms with E-state index in [4.69, 9.17) is 4.74 Å². The van der Waals surface area contributed by atoms with Crippen LogP contribution in [0.2, 0.25) is 0 Å². The molecular formula is C16H29NO2. The summed E-state index contributed by atoms with van der Waals surface area (Å²) in [6, 6.07) is 0.345. The molecule has 0 bridgehead atoms. The molecule has 1 aliphatic carbocycles. The SMILES string of the molecule is C[C@@H]1C(C2CCCCC2)CCN1C(=O)OC(C)(C)C. The molecule has 1 saturated carbocycles. The highest BCUT2D eigenvalue weighted by Crippen LogP contribution is 2.39. The Labute approximate surface area is 117 Å². The van der Waals surface area contributed by atoms with Crippen molar-refractivity contribution in [2.24, 2.45) is 11.8 Å². The number of rotatable bonds is 1. The number of hydrogen-bond acceptors (Lipinski definition) is 2. The van der Waals surface area contributed by atoms with Crippen LogP contribution in [0.3, 0.4) is 0 Å². The molecule has 2 rings (SSSR count). The molecule has 1 saturated heterocycles. The normalized spacial score (nSPS) is 29.6. The molecule has 0 N–H and O–H groups in total. The van der Waals surface area contributed by atoms with Crippen LogP contribution >= 0.6 is 0 Å². The first-order chi connectivity index (χ1) is 8.88. The molecule has 1 heterocycles. The summed E-state index contributed by atoms with van der Waals surface area (Å²) in [6.07, 6.45) is 7.89. The van der Waals surface area contributed by atoms with Gasteiger partial charge in [-0.3, -0.25) is 0 Å². The summed E-state index contributed by atoms with van der Waals surface area (Å²) in [5.74, 6) is 1.52. The molecule has 1 amide bonds. The number of carbonyl (C=O) groups is 1. The monoisotopic (exact) mass is 267 g/mol. The first kappa shape index (κ1) is 14.7. The van der Waals surface area contributed by atoms with Crippen molar-refractivity contribution in [2.45, 2.75) is 77.9 Å². The van der Waals surface area contributed by atoms with E-state index in [0.717, 1.165) is 18.9 Å². The number of carbonyl (C=O) groups excluding carboxylic acids is 1. The molecular weight excluding hydrogens is 238 g/mol. The molecule has 0 spiro atoms. The summed E-state index contributed by atoms with van der Waals surface area (Å²) in [4.78, 5) is 14.2. The van der Waals surface area contributed by atoms with E-state index in [-0.39, 0.29) is 11.7 Å². The van der Waals surface area contributed by atoms with Gasteiger partial charge in [0.05, 0.1) is 0 Å². The first-order valence-electron chi connectivity index (χ1n) is 7.88. The quantitative estimate of drug-likeness (QED) is 0.712. The third-order valence-electron chi connectivity index (χ3n) is 4.70. The summed E-state index contributed by atoms with van der Waals surface area (Å²) in [5, 5.41) is 0. The third kappa shape index (κ3) is 3.64. The fourth-order valence-corrected chi connectivity index (χ4v) is 3.73. The standard InChI is InChI=1S/C16H29NO2/c1-12-14(13-8-6-5-7-9-13)10-11-17(12)15(18)19-16(2,3)4/h12-14H,5-11H2,1-4H3/t12-,14?/m1/s1. The lowest BCUT2D eigenvalue weighted by Crippen LogP contribution is -2.41. The Morgan fingerprint density at radius 3 is 2.32 bits per heavy atom. The average molecular weight is 267 g/mol. The molecule has 0 aromatic rings. The second kappa shape index (κ2) is 5.72. The van der Waals surface area contributed by atoms with Gasteiger partial charge in [-0.05, 0) is 46.0 Å². The second-order valence-electron chi connectivity index (χ2n) is 7.26. The van der Waals surface area contributed by atoms with Crippen LogP contribution in [-0.4, -0.2) is 29.2 Å². The molecule has 19 heavy (non-hydrogen) atoms. The zero-order valence-corrected chi connectivity index (χ0v) is 12.9. The largest absolute Gasteiger partial charge is 0.444 e. The highest BCUT2D eigenvalue weighted by atomic mass is 16.6. The summed E-state index contributed by atoms with van der Waals surface area (Å²) in [7, 11) is 0. The number of amides is 1. The molecule has 1 aliphatic heterocycles. The van der Waals surface area contributed by atoms with Gasteiger partial charge in [-0.25, -0.2) is 4.79 Å². The molecule has 1 unspecified atom stereocenters. The summed E-state index contributed by atoms with van der Waals surface area (Å²) in [6.45, 7) is 8.88. The Balaban J connectivity index is 1.93. The number of likely N-dealkylation sites (tertiary alicyclic amines) is 1. The molecule has 3 heteroatoms. The van der Waals surface area contributed by atoms with Gasteiger partial charge in [0.1, 0.15) is 5.60 Å². The van der Waals surface area contributed by atoms with Crippen LogP contribution in [-0.2, 0) is 4.74 Å². The fraction of sp³-hybridized carbons (Fsp3) is 0.938. The molecule has 3 nitrogen and oxygen atoms in total.